The second kappa shape index (κ2) is 4.76. The number of hydrogen-bond donors (Lipinski definition) is 1. The normalized spacial score (nSPS) is 9.67. The van der Waals surface area contributed by atoms with Crippen molar-refractivity contribution in [2.24, 2.45) is 5.73 Å². The van der Waals surface area contributed by atoms with Crippen molar-refractivity contribution in [3.8, 4) is 6.07 Å². The van der Waals surface area contributed by atoms with E-state index in [-0.39, 0.29) is 22.6 Å². The number of amides is 1. The summed E-state index contributed by atoms with van der Waals surface area (Å²) >= 11 is 5.59. The van der Waals surface area contributed by atoms with Crippen molar-refractivity contribution >= 4 is 17.5 Å². The second-order valence-electron chi connectivity index (χ2n) is 2.76. The Kier molecular flexibility index (Phi) is 3.64. The molecule has 5 heteroatoms. The second-order valence-corrected chi connectivity index (χ2v) is 3.14. The lowest BCUT2D eigenvalue weighted by molar-refractivity contribution is 0.1000. The van der Waals surface area contributed by atoms with Crippen molar-refractivity contribution in [3.63, 3.8) is 0 Å². The summed E-state index contributed by atoms with van der Waals surface area (Å²) in [6.07, 6.45) is 1.45. The number of benzene rings is 1. The maximum atomic E-state index is 13.5. The number of nitrogens with two attached hydrogens (primary N) is 1. The highest BCUT2D eigenvalue weighted by molar-refractivity contribution is 6.34. The Balaban J connectivity index is 3.11. The van der Waals surface area contributed by atoms with Crippen LogP contribution in [0, 0.1) is 23.6 Å². The molecule has 3 nitrogen and oxygen atoms in total. The van der Waals surface area contributed by atoms with Gasteiger partial charge in [-0.1, -0.05) is 17.7 Å². The first-order valence-electron chi connectivity index (χ1n) is 4.06. The van der Waals surface area contributed by atoms with Crippen LogP contribution in [0.15, 0.2) is 12.1 Å². The molecule has 0 aromatic heterocycles. The predicted molar refractivity (Wildman–Crippen MR) is 53.6 cm³/mol. The summed E-state index contributed by atoms with van der Waals surface area (Å²) in [5.74, 6) is -1.52. The third-order valence-corrected chi connectivity index (χ3v) is 2.16. The van der Waals surface area contributed by atoms with Crippen LogP contribution in [0.25, 0.3) is 0 Å². The minimum absolute atomic E-state index is 0.0664. The van der Waals surface area contributed by atoms with Gasteiger partial charge in [0.2, 0.25) is 5.91 Å². The van der Waals surface area contributed by atoms with E-state index < -0.39 is 11.7 Å². The molecule has 1 radical (unpaired) electrons. The van der Waals surface area contributed by atoms with E-state index in [4.69, 9.17) is 22.6 Å². The molecule has 15 heavy (non-hydrogen) atoms. The molecule has 0 aliphatic heterocycles. The molecule has 0 atom stereocenters. The van der Waals surface area contributed by atoms with Crippen molar-refractivity contribution in [1.82, 2.24) is 0 Å². The zero-order chi connectivity index (χ0) is 11.4. The number of hydrogen-bond acceptors (Lipinski definition) is 2. The van der Waals surface area contributed by atoms with Crippen LogP contribution in [0.2, 0.25) is 5.02 Å². The topological polar surface area (TPSA) is 66.9 Å². The van der Waals surface area contributed by atoms with Crippen LogP contribution in [-0.2, 0) is 0 Å². The van der Waals surface area contributed by atoms with E-state index in [0.717, 1.165) is 0 Å². The Hall–Kier alpha value is -1.60. The molecule has 0 fully saturated rings. The lowest BCUT2D eigenvalue weighted by Crippen LogP contribution is -2.12. The van der Waals surface area contributed by atoms with E-state index in [2.05, 4.69) is 0 Å². The van der Waals surface area contributed by atoms with E-state index in [1.54, 1.807) is 0 Å². The van der Waals surface area contributed by atoms with E-state index in [9.17, 15) is 9.18 Å². The monoisotopic (exact) mass is 225 g/mol. The molecule has 1 aromatic carbocycles. The third-order valence-electron chi connectivity index (χ3n) is 1.79. The van der Waals surface area contributed by atoms with Gasteiger partial charge in [0.05, 0.1) is 16.7 Å². The van der Waals surface area contributed by atoms with Crippen LogP contribution in [0.4, 0.5) is 4.39 Å². The highest BCUT2D eigenvalue weighted by atomic mass is 35.5. The van der Waals surface area contributed by atoms with Crippen molar-refractivity contribution in [2.45, 2.75) is 6.42 Å². The van der Waals surface area contributed by atoms with Crippen molar-refractivity contribution in [2.75, 3.05) is 0 Å². The van der Waals surface area contributed by atoms with E-state index in [1.165, 1.54) is 18.6 Å². The minimum Gasteiger partial charge on any atom is -0.366 e. The molecule has 0 spiro atoms. The lowest BCUT2D eigenvalue weighted by Gasteiger charge is -2.05. The fourth-order valence-electron chi connectivity index (χ4n) is 1.07. The summed E-state index contributed by atoms with van der Waals surface area (Å²) in [4.78, 5) is 10.8. The van der Waals surface area contributed by atoms with E-state index in [1.807, 2.05) is 6.07 Å². The van der Waals surface area contributed by atoms with Crippen LogP contribution < -0.4 is 5.73 Å². The molecule has 0 saturated heterocycles. The Morgan fingerprint density at radius 2 is 2.33 bits per heavy atom. The summed E-state index contributed by atoms with van der Waals surface area (Å²) in [5.41, 5.74) is 5.10. The Bertz CT molecular complexity index is 440. The van der Waals surface area contributed by atoms with E-state index >= 15 is 0 Å². The predicted octanol–water partition coefficient (Wildman–Crippen LogP) is 2.04. The van der Waals surface area contributed by atoms with Gasteiger partial charge >= 0.3 is 0 Å². The summed E-state index contributed by atoms with van der Waals surface area (Å²) in [5, 5.41) is 8.01. The number of nitrogens with zero attached hydrogens (tertiary/aromatic N) is 1. The van der Waals surface area contributed by atoms with Gasteiger partial charge in [0, 0.05) is 12.8 Å². The number of carbonyl (C=O) groups is 1. The summed E-state index contributed by atoms with van der Waals surface area (Å²) in [6.45, 7) is 0. The van der Waals surface area contributed by atoms with Gasteiger partial charge in [0.25, 0.3) is 0 Å². The minimum atomic E-state index is -0.786. The molecule has 1 rings (SSSR count). The largest absolute Gasteiger partial charge is 0.366 e. The number of nitriles is 1. The van der Waals surface area contributed by atoms with Crippen molar-refractivity contribution < 1.29 is 9.18 Å². The van der Waals surface area contributed by atoms with Crippen molar-refractivity contribution in [3.05, 3.63) is 40.5 Å². The maximum Gasteiger partial charge on any atom is 0.250 e. The molecule has 0 saturated carbocycles. The summed E-state index contributed by atoms with van der Waals surface area (Å²) < 4.78 is 13.5. The molecule has 0 heterocycles. The quantitative estimate of drug-likeness (QED) is 0.856. The third kappa shape index (κ3) is 2.45. The number of rotatable bonds is 3. The number of primary amides is 1. The first kappa shape index (κ1) is 11.5. The van der Waals surface area contributed by atoms with Gasteiger partial charge in [-0.15, -0.1) is 0 Å². The number of halogens is 2. The zero-order valence-corrected chi connectivity index (χ0v) is 8.38. The van der Waals surface area contributed by atoms with Gasteiger partial charge in [-0.25, -0.2) is 4.39 Å². The molecule has 0 aliphatic carbocycles. The molecule has 1 aromatic rings. The molecular formula is C10H7ClFN2O. The molecule has 0 unspecified atom stereocenters. The van der Waals surface area contributed by atoms with Gasteiger partial charge in [0.1, 0.15) is 5.82 Å². The molecule has 1 amide bonds. The van der Waals surface area contributed by atoms with Gasteiger partial charge in [0.15, 0.2) is 0 Å². The molecule has 0 aliphatic rings. The average Bonchev–Trinajstić information content (AvgIpc) is 2.20. The van der Waals surface area contributed by atoms with Crippen LogP contribution in [0.5, 0.6) is 0 Å². The highest BCUT2D eigenvalue weighted by Crippen LogP contribution is 2.24. The highest BCUT2D eigenvalue weighted by Gasteiger charge is 2.14. The smallest absolute Gasteiger partial charge is 0.250 e. The summed E-state index contributed by atoms with van der Waals surface area (Å²) in [7, 11) is 0. The Labute approximate surface area is 91.3 Å². The Morgan fingerprint density at radius 1 is 1.67 bits per heavy atom. The van der Waals surface area contributed by atoms with Crippen LogP contribution in [-0.4, -0.2) is 5.91 Å². The molecule has 0 bridgehead atoms. The first-order chi connectivity index (χ1) is 7.07. The Morgan fingerprint density at radius 3 is 2.87 bits per heavy atom. The first-order valence-corrected chi connectivity index (χ1v) is 4.43. The fourth-order valence-corrected chi connectivity index (χ4v) is 1.33. The van der Waals surface area contributed by atoms with Gasteiger partial charge in [-0.05, 0) is 11.6 Å². The standard InChI is InChI=1S/C10H7ClFN2O/c11-8-7(10(14)15)4-3-6(9(8)12)2-1-5-13/h2-4H,1H2,(H2,14,15). The van der Waals surface area contributed by atoms with Crippen LogP contribution >= 0.6 is 11.6 Å². The van der Waals surface area contributed by atoms with Crippen molar-refractivity contribution in [1.29, 1.82) is 5.26 Å². The molecular weight excluding hydrogens is 219 g/mol. The average molecular weight is 226 g/mol. The van der Waals surface area contributed by atoms with Gasteiger partial charge < -0.3 is 5.73 Å². The van der Waals surface area contributed by atoms with Crippen LogP contribution in [0.3, 0.4) is 0 Å². The maximum absolute atomic E-state index is 13.5. The summed E-state index contributed by atoms with van der Waals surface area (Å²) in [6, 6.07) is 4.53. The SMILES string of the molecule is N#CC[CH]c1ccc(C(N)=O)c(Cl)c1F. The zero-order valence-electron chi connectivity index (χ0n) is 7.63. The molecule has 77 valence electrons. The molecule has 2 N–H and O–H groups in total. The van der Waals surface area contributed by atoms with Gasteiger partial charge in [-0.3, -0.25) is 4.79 Å². The van der Waals surface area contributed by atoms with Crippen LogP contribution in [0.1, 0.15) is 22.3 Å². The number of carbonyl (C=O) groups excluding carboxylic acids is 1. The lowest BCUT2D eigenvalue weighted by atomic mass is 10.1. The van der Waals surface area contributed by atoms with E-state index in [0.29, 0.717) is 0 Å². The van der Waals surface area contributed by atoms with Gasteiger partial charge in [-0.2, -0.15) is 5.26 Å². The fraction of sp³-hybridized carbons (Fsp3) is 0.100.